The predicted octanol–water partition coefficient (Wildman–Crippen LogP) is 1.62. The first-order valence-electron chi connectivity index (χ1n) is 8.09. The van der Waals surface area contributed by atoms with E-state index in [2.05, 4.69) is 16.1 Å². The molecule has 1 unspecified atom stereocenters. The number of fused-ring (bicyclic) bond motifs is 1. The first-order valence-corrected chi connectivity index (χ1v) is 9.57. The lowest BCUT2D eigenvalue weighted by molar-refractivity contribution is 0.0484. The highest BCUT2D eigenvalue weighted by Gasteiger charge is 2.25. The Labute approximate surface area is 146 Å². The smallest absolute Gasteiger partial charge is 0.374 e. The monoisotopic (exact) mass is 364 g/mol. The highest BCUT2D eigenvalue weighted by molar-refractivity contribution is 7.89. The van der Waals surface area contributed by atoms with Crippen molar-refractivity contribution in [1.29, 1.82) is 0 Å². The Morgan fingerprint density at radius 3 is 2.92 bits per heavy atom. The molecule has 0 saturated carbocycles. The molecule has 7 nitrogen and oxygen atoms in total. The maximum Gasteiger partial charge on any atom is 0.374 e. The maximum absolute atomic E-state index is 12.4. The average Bonchev–Trinajstić information content (AvgIpc) is 3.11. The number of nitrogens with one attached hydrogen (secondary N) is 2. The van der Waals surface area contributed by atoms with E-state index >= 15 is 0 Å². The lowest BCUT2D eigenvalue weighted by Gasteiger charge is -2.26. The summed E-state index contributed by atoms with van der Waals surface area (Å²) in [6, 6.07) is 10.4. The summed E-state index contributed by atoms with van der Waals surface area (Å²) in [5, 5.41) is 3.00. The highest BCUT2D eigenvalue weighted by Crippen LogP contribution is 2.23. The lowest BCUT2D eigenvalue weighted by Crippen LogP contribution is -2.38. The normalized spacial score (nSPS) is 17.1. The van der Waals surface area contributed by atoms with Crippen molar-refractivity contribution in [2.45, 2.75) is 24.5 Å². The number of benzene rings is 1. The number of carbonyl (C=O) groups is 1. The standard InChI is InChI=1S/C17H20N2O5S/c1-2-23-17(20)15-7-8-16(24-15)25(21,22)19-11-14-13-6-4-3-5-12(13)9-10-18-14/h3-8,14,18-19H,2,9-11H2,1H3. The Morgan fingerprint density at radius 2 is 2.12 bits per heavy atom. The van der Waals surface area contributed by atoms with Gasteiger partial charge in [0.15, 0.2) is 0 Å². The van der Waals surface area contributed by atoms with E-state index in [1.54, 1.807) is 6.92 Å². The number of rotatable bonds is 6. The molecular weight excluding hydrogens is 344 g/mol. The topological polar surface area (TPSA) is 97.6 Å². The van der Waals surface area contributed by atoms with Crippen molar-refractivity contribution >= 4 is 16.0 Å². The fourth-order valence-corrected chi connectivity index (χ4v) is 3.79. The molecule has 0 fully saturated rings. The quantitative estimate of drug-likeness (QED) is 0.756. The summed E-state index contributed by atoms with van der Waals surface area (Å²) in [6.45, 7) is 2.83. The summed E-state index contributed by atoms with van der Waals surface area (Å²) in [5.74, 6) is -0.824. The zero-order valence-electron chi connectivity index (χ0n) is 13.8. The number of carbonyl (C=O) groups excluding carboxylic acids is 1. The van der Waals surface area contributed by atoms with Gasteiger partial charge in [0.05, 0.1) is 6.61 Å². The Kier molecular flexibility index (Phi) is 5.22. The van der Waals surface area contributed by atoms with E-state index in [-0.39, 0.29) is 30.0 Å². The van der Waals surface area contributed by atoms with E-state index in [9.17, 15) is 13.2 Å². The van der Waals surface area contributed by atoms with E-state index in [1.807, 2.05) is 18.2 Å². The molecule has 0 radical (unpaired) electrons. The fraction of sp³-hybridized carbons (Fsp3) is 0.353. The van der Waals surface area contributed by atoms with Crippen molar-refractivity contribution in [3.8, 4) is 0 Å². The number of furan rings is 1. The first-order chi connectivity index (χ1) is 12.0. The van der Waals surface area contributed by atoms with Gasteiger partial charge in [0.1, 0.15) is 0 Å². The Morgan fingerprint density at radius 1 is 1.32 bits per heavy atom. The lowest BCUT2D eigenvalue weighted by atomic mass is 9.95. The average molecular weight is 364 g/mol. The fourth-order valence-electron chi connectivity index (χ4n) is 2.82. The van der Waals surface area contributed by atoms with E-state index in [0.29, 0.717) is 0 Å². The molecule has 0 aliphatic carbocycles. The van der Waals surface area contributed by atoms with Crippen LogP contribution in [0, 0.1) is 0 Å². The third-order valence-electron chi connectivity index (χ3n) is 4.02. The number of sulfonamides is 1. The van der Waals surface area contributed by atoms with E-state index < -0.39 is 16.0 Å². The van der Waals surface area contributed by atoms with Crippen molar-refractivity contribution < 1.29 is 22.4 Å². The summed E-state index contributed by atoms with van der Waals surface area (Å²) < 4.78 is 37.2. The van der Waals surface area contributed by atoms with E-state index in [0.717, 1.165) is 18.5 Å². The third-order valence-corrected chi connectivity index (χ3v) is 5.31. The van der Waals surface area contributed by atoms with E-state index in [4.69, 9.17) is 9.15 Å². The molecule has 2 N–H and O–H groups in total. The molecule has 2 heterocycles. The second kappa shape index (κ2) is 7.38. The third kappa shape index (κ3) is 3.92. The molecule has 1 aromatic heterocycles. The Bertz CT molecular complexity index is 859. The van der Waals surface area contributed by atoms with Crippen LogP contribution in [-0.2, 0) is 21.2 Å². The van der Waals surface area contributed by atoms with Crippen LogP contribution in [0.5, 0.6) is 0 Å². The van der Waals surface area contributed by atoms with Crippen LogP contribution in [-0.4, -0.2) is 34.1 Å². The van der Waals surface area contributed by atoms with Gasteiger partial charge in [0.2, 0.25) is 10.9 Å². The van der Waals surface area contributed by atoms with Gasteiger partial charge in [-0.3, -0.25) is 0 Å². The second-order valence-electron chi connectivity index (χ2n) is 5.65. The van der Waals surface area contributed by atoms with Crippen LogP contribution in [0.15, 0.2) is 45.9 Å². The number of esters is 1. The van der Waals surface area contributed by atoms with Gasteiger partial charge in [0, 0.05) is 12.6 Å². The van der Waals surface area contributed by atoms with Gasteiger partial charge in [0.25, 0.3) is 10.0 Å². The van der Waals surface area contributed by atoms with Crippen molar-refractivity contribution in [1.82, 2.24) is 10.0 Å². The predicted molar refractivity (Wildman–Crippen MR) is 90.7 cm³/mol. The molecule has 0 bridgehead atoms. The molecule has 3 rings (SSSR count). The van der Waals surface area contributed by atoms with Gasteiger partial charge < -0.3 is 14.5 Å². The summed E-state index contributed by atoms with van der Waals surface area (Å²) in [4.78, 5) is 11.6. The zero-order chi connectivity index (χ0) is 17.9. The van der Waals surface area contributed by atoms with Crippen LogP contribution in [0.1, 0.15) is 34.6 Å². The van der Waals surface area contributed by atoms with Crippen LogP contribution in [0.3, 0.4) is 0 Å². The minimum absolute atomic E-state index is 0.112. The SMILES string of the molecule is CCOC(=O)c1ccc(S(=O)(=O)NCC2NCCc3ccccc32)o1. The molecule has 134 valence electrons. The summed E-state index contributed by atoms with van der Waals surface area (Å²) in [6.07, 6.45) is 0.917. The van der Waals surface area contributed by atoms with Crippen molar-refractivity contribution in [3.05, 3.63) is 53.3 Å². The van der Waals surface area contributed by atoms with Crippen LogP contribution in [0.4, 0.5) is 0 Å². The largest absolute Gasteiger partial charge is 0.460 e. The molecular formula is C17H20N2O5S. The molecule has 1 aliphatic heterocycles. The van der Waals surface area contributed by atoms with Gasteiger partial charge in [-0.25, -0.2) is 17.9 Å². The van der Waals surface area contributed by atoms with Crippen LogP contribution >= 0.6 is 0 Å². The summed E-state index contributed by atoms with van der Waals surface area (Å²) >= 11 is 0. The Hall–Kier alpha value is -2.16. The van der Waals surface area contributed by atoms with Crippen LogP contribution in [0.25, 0.3) is 0 Å². The molecule has 8 heteroatoms. The minimum Gasteiger partial charge on any atom is -0.460 e. The molecule has 1 aliphatic rings. The molecule has 1 aromatic carbocycles. The number of hydrogen-bond acceptors (Lipinski definition) is 6. The van der Waals surface area contributed by atoms with Gasteiger partial charge in [-0.1, -0.05) is 24.3 Å². The van der Waals surface area contributed by atoms with Gasteiger partial charge in [-0.15, -0.1) is 0 Å². The second-order valence-corrected chi connectivity index (χ2v) is 7.34. The summed E-state index contributed by atoms with van der Waals surface area (Å²) in [5.41, 5.74) is 2.30. The molecule has 1 atom stereocenters. The van der Waals surface area contributed by atoms with Gasteiger partial charge in [-0.05, 0) is 43.1 Å². The number of ether oxygens (including phenoxy) is 1. The summed E-state index contributed by atoms with van der Waals surface area (Å²) in [7, 11) is -3.85. The zero-order valence-corrected chi connectivity index (χ0v) is 14.6. The number of hydrogen-bond donors (Lipinski definition) is 2. The minimum atomic E-state index is -3.85. The van der Waals surface area contributed by atoms with Gasteiger partial charge >= 0.3 is 5.97 Å². The van der Waals surface area contributed by atoms with Crippen molar-refractivity contribution in [2.24, 2.45) is 0 Å². The molecule has 0 spiro atoms. The molecule has 0 saturated heterocycles. The molecule has 25 heavy (non-hydrogen) atoms. The van der Waals surface area contributed by atoms with Crippen LogP contribution in [0.2, 0.25) is 0 Å². The van der Waals surface area contributed by atoms with E-state index in [1.165, 1.54) is 17.7 Å². The maximum atomic E-state index is 12.4. The van der Waals surface area contributed by atoms with Crippen LogP contribution < -0.4 is 10.0 Å². The van der Waals surface area contributed by atoms with Gasteiger partial charge in [-0.2, -0.15) is 0 Å². The van der Waals surface area contributed by atoms with Crippen molar-refractivity contribution in [2.75, 3.05) is 19.7 Å². The first kappa shape index (κ1) is 17.7. The Balaban J connectivity index is 1.70. The molecule has 0 amide bonds. The molecule has 2 aromatic rings. The van der Waals surface area contributed by atoms with Crippen molar-refractivity contribution in [3.63, 3.8) is 0 Å². The highest BCUT2D eigenvalue weighted by atomic mass is 32.2.